The SMILES string of the molecule is CCCCCCCCCCCCCCCCCc1ncc(C(CCCCCC)c2nc(N)nc(N)n2)[nH]1. The lowest BCUT2D eigenvalue weighted by molar-refractivity contribution is 0.531. The Hall–Kier alpha value is -2.18. The van der Waals surface area contributed by atoms with Crippen LogP contribution in [0.1, 0.15) is 166 Å². The van der Waals surface area contributed by atoms with Crippen LogP contribution in [-0.2, 0) is 6.42 Å². The Morgan fingerprint density at radius 3 is 1.59 bits per heavy atom. The summed E-state index contributed by atoms with van der Waals surface area (Å²) in [6.45, 7) is 4.51. The first-order valence-corrected chi connectivity index (χ1v) is 15.4. The molecule has 2 heterocycles. The molecule has 2 rings (SSSR count). The van der Waals surface area contributed by atoms with E-state index in [2.05, 4.69) is 38.8 Å². The fraction of sp³-hybridized carbons (Fsp3) is 0.800. The Kier molecular flexibility index (Phi) is 16.7. The number of nitrogens with one attached hydrogen (secondary N) is 1. The molecule has 37 heavy (non-hydrogen) atoms. The zero-order chi connectivity index (χ0) is 26.6. The molecular weight excluding hydrogens is 458 g/mol. The molecule has 0 aliphatic carbocycles. The number of anilines is 2. The number of nitrogens with two attached hydrogens (primary N) is 2. The first-order valence-electron chi connectivity index (χ1n) is 15.4. The highest BCUT2D eigenvalue weighted by Crippen LogP contribution is 2.28. The highest BCUT2D eigenvalue weighted by atomic mass is 15.1. The van der Waals surface area contributed by atoms with Crippen LogP contribution in [-0.4, -0.2) is 24.9 Å². The largest absolute Gasteiger partial charge is 0.368 e. The van der Waals surface area contributed by atoms with E-state index < -0.39 is 0 Å². The van der Waals surface area contributed by atoms with E-state index in [0.717, 1.165) is 30.8 Å². The van der Waals surface area contributed by atoms with E-state index >= 15 is 0 Å². The van der Waals surface area contributed by atoms with E-state index in [1.165, 1.54) is 116 Å². The van der Waals surface area contributed by atoms with Crippen LogP contribution in [0.3, 0.4) is 0 Å². The summed E-state index contributed by atoms with van der Waals surface area (Å²) >= 11 is 0. The summed E-state index contributed by atoms with van der Waals surface area (Å²) in [5, 5.41) is 0. The number of nitrogen functional groups attached to an aromatic ring is 2. The van der Waals surface area contributed by atoms with Gasteiger partial charge in [-0.15, -0.1) is 0 Å². The van der Waals surface area contributed by atoms with Crippen molar-refractivity contribution < 1.29 is 0 Å². The molecule has 2 aromatic rings. The predicted molar refractivity (Wildman–Crippen MR) is 156 cm³/mol. The molecule has 1 atom stereocenters. The van der Waals surface area contributed by atoms with Gasteiger partial charge in [0.15, 0.2) is 0 Å². The Balaban J connectivity index is 1.62. The average Bonchev–Trinajstić information content (AvgIpc) is 3.34. The minimum absolute atomic E-state index is 0.0202. The van der Waals surface area contributed by atoms with E-state index in [0.29, 0.717) is 5.82 Å². The molecule has 0 aliphatic heterocycles. The van der Waals surface area contributed by atoms with Crippen molar-refractivity contribution in [3.05, 3.63) is 23.5 Å². The van der Waals surface area contributed by atoms with Gasteiger partial charge in [-0.05, 0) is 12.8 Å². The highest BCUT2D eigenvalue weighted by molar-refractivity contribution is 5.29. The van der Waals surface area contributed by atoms with Gasteiger partial charge in [0.2, 0.25) is 11.9 Å². The van der Waals surface area contributed by atoms with E-state index in [1.54, 1.807) is 0 Å². The summed E-state index contributed by atoms with van der Waals surface area (Å²) in [5.74, 6) is 2.07. The van der Waals surface area contributed by atoms with Crippen LogP contribution in [0.5, 0.6) is 0 Å². The van der Waals surface area contributed by atoms with E-state index in [9.17, 15) is 0 Å². The minimum atomic E-state index is 0.0202. The maximum absolute atomic E-state index is 5.86. The Morgan fingerprint density at radius 2 is 1.08 bits per heavy atom. The van der Waals surface area contributed by atoms with E-state index in [-0.39, 0.29) is 17.8 Å². The van der Waals surface area contributed by atoms with Crippen molar-refractivity contribution in [2.24, 2.45) is 0 Å². The quantitative estimate of drug-likeness (QED) is 0.129. The smallest absolute Gasteiger partial charge is 0.225 e. The molecule has 210 valence electrons. The monoisotopic (exact) mass is 513 g/mol. The molecule has 0 aliphatic rings. The van der Waals surface area contributed by atoms with Gasteiger partial charge < -0.3 is 16.5 Å². The summed E-state index contributed by atoms with van der Waals surface area (Å²) in [6.07, 6.45) is 29.4. The number of imidazole rings is 1. The third-order valence-corrected chi connectivity index (χ3v) is 7.39. The van der Waals surface area contributed by atoms with Crippen molar-refractivity contribution in [2.75, 3.05) is 11.5 Å². The summed E-state index contributed by atoms with van der Waals surface area (Å²) < 4.78 is 0. The highest BCUT2D eigenvalue weighted by Gasteiger charge is 2.21. The van der Waals surface area contributed by atoms with Crippen LogP contribution in [0.25, 0.3) is 0 Å². The lowest BCUT2D eigenvalue weighted by atomic mass is 9.97. The lowest BCUT2D eigenvalue weighted by Gasteiger charge is -2.14. The molecule has 0 saturated heterocycles. The number of aromatic amines is 1. The van der Waals surface area contributed by atoms with Gasteiger partial charge in [0.05, 0.1) is 5.92 Å². The second kappa shape index (κ2) is 19.9. The van der Waals surface area contributed by atoms with Gasteiger partial charge in [-0.1, -0.05) is 129 Å². The van der Waals surface area contributed by atoms with Gasteiger partial charge in [0.25, 0.3) is 0 Å². The molecule has 0 spiro atoms. The number of aryl methyl sites for hydroxylation is 1. The average molecular weight is 514 g/mol. The molecule has 5 N–H and O–H groups in total. The van der Waals surface area contributed by atoms with Crippen molar-refractivity contribution in [1.82, 2.24) is 24.9 Å². The summed E-state index contributed by atoms with van der Waals surface area (Å²) in [4.78, 5) is 20.9. The number of hydrogen-bond acceptors (Lipinski definition) is 6. The lowest BCUT2D eigenvalue weighted by Crippen LogP contribution is -2.12. The zero-order valence-corrected chi connectivity index (χ0v) is 23.9. The van der Waals surface area contributed by atoms with Crippen LogP contribution in [0.4, 0.5) is 11.9 Å². The van der Waals surface area contributed by atoms with Crippen LogP contribution in [0.2, 0.25) is 0 Å². The van der Waals surface area contributed by atoms with Crippen molar-refractivity contribution in [3.63, 3.8) is 0 Å². The Labute approximate surface area is 226 Å². The normalized spacial score (nSPS) is 12.3. The molecule has 2 aromatic heterocycles. The molecule has 7 heteroatoms. The fourth-order valence-corrected chi connectivity index (χ4v) is 5.13. The molecule has 7 nitrogen and oxygen atoms in total. The molecule has 0 aromatic carbocycles. The predicted octanol–water partition coefficient (Wildman–Crippen LogP) is 8.28. The van der Waals surface area contributed by atoms with Gasteiger partial charge >= 0.3 is 0 Å². The van der Waals surface area contributed by atoms with Gasteiger partial charge in [-0.2, -0.15) is 15.0 Å². The molecule has 0 fully saturated rings. The van der Waals surface area contributed by atoms with Crippen LogP contribution < -0.4 is 11.5 Å². The second-order valence-corrected chi connectivity index (χ2v) is 10.8. The van der Waals surface area contributed by atoms with Crippen molar-refractivity contribution in [2.45, 2.75) is 155 Å². The van der Waals surface area contributed by atoms with E-state index in [1.807, 2.05) is 6.20 Å². The molecular formula is C30H55N7. The molecule has 1 unspecified atom stereocenters. The number of aromatic nitrogens is 5. The van der Waals surface area contributed by atoms with Gasteiger partial charge in [-0.25, -0.2) is 4.98 Å². The first kappa shape index (κ1) is 31.0. The third kappa shape index (κ3) is 13.8. The summed E-state index contributed by atoms with van der Waals surface area (Å²) in [6, 6.07) is 0. The van der Waals surface area contributed by atoms with Crippen molar-refractivity contribution in [1.29, 1.82) is 0 Å². The fourth-order valence-electron chi connectivity index (χ4n) is 5.13. The minimum Gasteiger partial charge on any atom is -0.368 e. The van der Waals surface area contributed by atoms with Crippen molar-refractivity contribution >= 4 is 11.9 Å². The van der Waals surface area contributed by atoms with Gasteiger partial charge in [0.1, 0.15) is 11.6 Å². The number of H-pyrrole nitrogens is 1. The zero-order valence-electron chi connectivity index (χ0n) is 23.9. The standard InChI is InChI=1S/C30H55N7/c1-3-5-7-9-10-11-12-13-14-15-16-17-18-19-21-23-27-33-24-26(34-27)25(22-20-8-6-4-2)28-35-29(31)37-30(32)36-28/h24-25H,3-23H2,1-2H3,(H,33,34)(H4,31,32,35,36,37). The number of unbranched alkanes of at least 4 members (excludes halogenated alkanes) is 17. The maximum atomic E-state index is 5.86. The number of rotatable bonds is 23. The summed E-state index contributed by atoms with van der Waals surface area (Å²) in [7, 11) is 0. The second-order valence-electron chi connectivity index (χ2n) is 10.8. The Bertz CT molecular complexity index is 800. The summed E-state index contributed by atoms with van der Waals surface area (Å²) in [5.41, 5.74) is 12.8. The van der Waals surface area contributed by atoms with E-state index in [4.69, 9.17) is 11.5 Å². The number of hydrogen-bond donors (Lipinski definition) is 3. The number of nitrogens with zero attached hydrogens (tertiary/aromatic N) is 4. The molecule has 0 saturated carbocycles. The van der Waals surface area contributed by atoms with Gasteiger partial charge in [0, 0.05) is 18.3 Å². The van der Waals surface area contributed by atoms with Crippen LogP contribution in [0.15, 0.2) is 6.20 Å². The molecule has 0 bridgehead atoms. The first-order chi connectivity index (χ1) is 18.1. The topological polar surface area (TPSA) is 119 Å². The van der Waals surface area contributed by atoms with Crippen LogP contribution >= 0.6 is 0 Å². The maximum Gasteiger partial charge on any atom is 0.225 e. The van der Waals surface area contributed by atoms with Crippen LogP contribution in [0, 0.1) is 0 Å². The third-order valence-electron chi connectivity index (χ3n) is 7.39. The van der Waals surface area contributed by atoms with Crippen molar-refractivity contribution in [3.8, 4) is 0 Å². The van der Waals surface area contributed by atoms with Gasteiger partial charge in [-0.3, -0.25) is 0 Å². The molecule has 0 amide bonds. The molecule has 0 radical (unpaired) electrons. The Morgan fingerprint density at radius 1 is 0.622 bits per heavy atom.